The number of imidazole rings is 1. The van der Waals surface area contributed by atoms with Gasteiger partial charge in [0.1, 0.15) is 0 Å². The molecule has 1 aliphatic heterocycles. The predicted octanol–water partition coefficient (Wildman–Crippen LogP) is 3.59. The van der Waals surface area contributed by atoms with Crippen LogP contribution in [-0.2, 0) is 13.1 Å². The van der Waals surface area contributed by atoms with Crippen molar-refractivity contribution in [2.45, 2.75) is 26.4 Å². The van der Waals surface area contributed by atoms with E-state index in [1.54, 1.807) is 12.5 Å². The lowest BCUT2D eigenvalue weighted by molar-refractivity contribution is 0.0761. The summed E-state index contributed by atoms with van der Waals surface area (Å²) < 4.78 is 2.02. The van der Waals surface area contributed by atoms with Gasteiger partial charge in [0, 0.05) is 57.2 Å². The van der Waals surface area contributed by atoms with E-state index >= 15 is 0 Å². The summed E-state index contributed by atoms with van der Waals surface area (Å²) in [5, 5.41) is 0. The molecule has 150 valence electrons. The van der Waals surface area contributed by atoms with E-state index in [4.69, 9.17) is 0 Å². The van der Waals surface area contributed by atoms with E-state index in [0.717, 1.165) is 51.3 Å². The van der Waals surface area contributed by atoms with Crippen LogP contribution in [0.25, 0.3) is 0 Å². The Kier molecular flexibility index (Phi) is 6.06. The molecule has 2 heterocycles. The molecule has 4 rings (SSSR count). The molecule has 1 aliphatic rings. The molecular formula is C24H28N4O. The number of amides is 1. The van der Waals surface area contributed by atoms with Crippen molar-refractivity contribution in [3.63, 3.8) is 0 Å². The van der Waals surface area contributed by atoms with Gasteiger partial charge in [-0.25, -0.2) is 4.98 Å². The maximum atomic E-state index is 13.0. The Morgan fingerprint density at radius 1 is 0.966 bits per heavy atom. The fourth-order valence-electron chi connectivity index (χ4n) is 3.89. The van der Waals surface area contributed by atoms with E-state index in [1.807, 2.05) is 39.9 Å². The van der Waals surface area contributed by atoms with Crippen LogP contribution in [0.4, 0.5) is 0 Å². The minimum absolute atomic E-state index is 0.136. The number of nitrogens with zero attached hydrogens (tertiary/aromatic N) is 4. The van der Waals surface area contributed by atoms with Gasteiger partial charge in [0.2, 0.25) is 0 Å². The second kappa shape index (κ2) is 9.05. The Hall–Kier alpha value is -2.92. The van der Waals surface area contributed by atoms with Crippen LogP contribution in [0.15, 0.2) is 67.3 Å². The maximum Gasteiger partial charge on any atom is 0.253 e. The molecule has 0 bridgehead atoms. The van der Waals surface area contributed by atoms with Gasteiger partial charge in [0.05, 0.1) is 6.33 Å². The molecule has 5 nitrogen and oxygen atoms in total. The standard InChI is InChI=1S/C24H28N4O/c1-20-5-2-3-6-23(20)18-26-12-4-13-28(16-15-26)24(29)22-9-7-21(8-10-22)17-27-14-11-25-19-27/h2-3,5-11,14,19H,4,12-13,15-18H2,1H3. The van der Waals surface area contributed by atoms with Crippen LogP contribution in [-0.4, -0.2) is 51.4 Å². The van der Waals surface area contributed by atoms with Gasteiger partial charge in [0.15, 0.2) is 0 Å². The average molecular weight is 389 g/mol. The summed E-state index contributed by atoms with van der Waals surface area (Å²) in [6.07, 6.45) is 6.54. The number of aryl methyl sites for hydroxylation is 1. The predicted molar refractivity (Wildman–Crippen MR) is 115 cm³/mol. The smallest absolute Gasteiger partial charge is 0.253 e. The van der Waals surface area contributed by atoms with Gasteiger partial charge in [-0.05, 0) is 42.2 Å². The number of hydrogen-bond donors (Lipinski definition) is 0. The third kappa shape index (κ3) is 4.93. The van der Waals surface area contributed by atoms with Crippen molar-refractivity contribution in [3.05, 3.63) is 89.5 Å². The van der Waals surface area contributed by atoms with Gasteiger partial charge < -0.3 is 9.47 Å². The van der Waals surface area contributed by atoms with Gasteiger partial charge in [0.25, 0.3) is 5.91 Å². The van der Waals surface area contributed by atoms with Crippen LogP contribution < -0.4 is 0 Å². The van der Waals surface area contributed by atoms with Gasteiger partial charge in [-0.3, -0.25) is 9.69 Å². The average Bonchev–Trinajstić information content (AvgIpc) is 3.14. The normalized spacial score (nSPS) is 15.3. The van der Waals surface area contributed by atoms with Crippen molar-refractivity contribution < 1.29 is 4.79 Å². The molecule has 0 radical (unpaired) electrons. The van der Waals surface area contributed by atoms with Crippen molar-refractivity contribution >= 4 is 5.91 Å². The lowest BCUT2D eigenvalue weighted by Crippen LogP contribution is -2.35. The summed E-state index contributed by atoms with van der Waals surface area (Å²) in [5.74, 6) is 0.136. The first-order valence-corrected chi connectivity index (χ1v) is 10.3. The third-order valence-electron chi connectivity index (χ3n) is 5.66. The van der Waals surface area contributed by atoms with E-state index in [-0.39, 0.29) is 5.91 Å². The monoisotopic (exact) mass is 388 g/mol. The Morgan fingerprint density at radius 3 is 2.55 bits per heavy atom. The summed E-state index contributed by atoms with van der Waals surface area (Å²) >= 11 is 0. The lowest BCUT2D eigenvalue weighted by atomic mass is 10.1. The second-order valence-electron chi connectivity index (χ2n) is 7.78. The molecule has 0 N–H and O–H groups in total. The van der Waals surface area contributed by atoms with Crippen molar-refractivity contribution in [2.75, 3.05) is 26.2 Å². The molecule has 3 aromatic rings. The van der Waals surface area contributed by atoms with Crippen LogP contribution in [0, 0.1) is 6.92 Å². The molecule has 1 aromatic heterocycles. The molecule has 0 saturated carbocycles. The number of hydrogen-bond acceptors (Lipinski definition) is 3. The van der Waals surface area contributed by atoms with Crippen LogP contribution in [0.2, 0.25) is 0 Å². The zero-order valence-corrected chi connectivity index (χ0v) is 17.0. The summed E-state index contributed by atoms with van der Waals surface area (Å²) in [6.45, 7) is 7.44. The quantitative estimate of drug-likeness (QED) is 0.671. The molecular weight excluding hydrogens is 360 g/mol. The molecule has 0 atom stereocenters. The molecule has 0 aliphatic carbocycles. The van der Waals surface area contributed by atoms with Gasteiger partial charge in [-0.2, -0.15) is 0 Å². The van der Waals surface area contributed by atoms with Crippen molar-refractivity contribution in [1.29, 1.82) is 0 Å². The molecule has 1 fully saturated rings. The highest BCUT2D eigenvalue weighted by Crippen LogP contribution is 2.15. The van der Waals surface area contributed by atoms with E-state index in [9.17, 15) is 4.79 Å². The highest BCUT2D eigenvalue weighted by molar-refractivity contribution is 5.94. The number of aromatic nitrogens is 2. The number of carbonyl (C=O) groups excluding carboxylic acids is 1. The Bertz CT molecular complexity index is 934. The highest BCUT2D eigenvalue weighted by atomic mass is 16.2. The second-order valence-corrected chi connectivity index (χ2v) is 7.78. The molecule has 5 heteroatoms. The molecule has 0 unspecified atom stereocenters. The molecule has 1 saturated heterocycles. The largest absolute Gasteiger partial charge is 0.337 e. The zero-order chi connectivity index (χ0) is 20.1. The first-order valence-electron chi connectivity index (χ1n) is 10.3. The minimum atomic E-state index is 0.136. The number of carbonyl (C=O) groups is 1. The first kappa shape index (κ1) is 19.4. The van der Waals surface area contributed by atoms with Gasteiger partial charge in [-0.15, -0.1) is 0 Å². The topological polar surface area (TPSA) is 41.4 Å². The summed E-state index contributed by atoms with van der Waals surface area (Å²) in [5.41, 5.74) is 4.65. The van der Waals surface area contributed by atoms with Crippen LogP contribution in [0.5, 0.6) is 0 Å². The Balaban J connectivity index is 1.35. The van der Waals surface area contributed by atoms with E-state index < -0.39 is 0 Å². The summed E-state index contributed by atoms with van der Waals surface area (Å²) in [4.78, 5) is 21.5. The van der Waals surface area contributed by atoms with Crippen molar-refractivity contribution in [1.82, 2.24) is 19.4 Å². The van der Waals surface area contributed by atoms with Crippen molar-refractivity contribution in [3.8, 4) is 0 Å². The maximum absolute atomic E-state index is 13.0. The number of benzene rings is 2. The lowest BCUT2D eigenvalue weighted by Gasteiger charge is -2.22. The third-order valence-corrected chi connectivity index (χ3v) is 5.66. The fraction of sp³-hybridized carbons (Fsp3) is 0.333. The molecule has 29 heavy (non-hydrogen) atoms. The van der Waals surface area contributed by atoms with Gasteiger partial charge in [-0.1, -0.05) is 36.4 Å². The van der Waals surface area contributed by atoms with Crippen LogP contribution in [0.3, 0.4) is 0 Å². The zero-order valence-electron chi connectivity index (χ0n) is 17.0. The van der Waals surface area contributed by atoms with Crippen LogP contribution >= 0.6 is 0 Å². The molecule has 1 amide bonds. The SMILES string of the molecule is Cc1ccccc1CN1CCCN(C(=O)c2ccc(Cn3ccnc3)cc2)CC1. The molecule has 2 aromatic carbocycles. The summed E-state index contributed by atoms with van der Waals surface area (Å²) in [7, 11) is 0. The molecule has 0 spiro atoms. The first-order chi connectivity index (χ1) is 14.2. The van der Waals surface area contributed by atoms with Gasteiger partial charge >= 0.3 is 0 Å². The van der Waals surface area contributed by atoms with E-state index in [1.165, 1.54) is 16.7 Å². The van der Waals surface area contributed by atoms with E-state index in [2.05, 4.69) is 41.1 Å². The number of rotatable bonds is 5. The van der Waals surface area contributed by atoms with Crippen molar-refractivity contribution in [2.24, 2.45) is 0 Å². The Labute approximate surface area is 172 Å². The highest BCUT2D eigenvalue weighted by Gasteiger charge is 2.20. The van der Waals surface area contributed by atoms with Crippen LogP contribution in [0.1, 0.15) is 33.5 Å². The Morgan fingerprint density at radius 2 is 1.79 bits per heavy atom. The minimum Gasteiger partial charge on any atom is -0.337 e. The fourth-order valence-corrected chi connectivity index (χ4v) is 3.89. The summed E-state index contributed by atoms with van der Waals surface area (Å²) in [6, 6.07) is 16.5. The van der Waals surface area contributed by atoms with E-state index in [0.29, 0.717) is 0 Å².